The number of anilines is 1. The number of nitrogens with two attached hydrogens (primary N) is 1. The fourth-order valence-corrected chi connectivity index (χ4v) is 1.46. The van der Waals surface area contributed by atoms with Gasteiger partial charge < -0.3 is 10.2 Å². The Hall–Kier alpha value is -1.50. The fourth-order valence-electron chi connectivity index (χ4n) is 1.46. The molecule has 1 aliphatic carbocycles. The normalized spacial score (nSPS) is 15.1. The van der Waals surface area contributed by atoms with E-state index in [0.29, 0.717) is 23.1 Å². The number of alkyl halides is 2. The molecule has 5 nitrogen and oxygen atoms in total. The number of aromatic nitrogens is 2. The van der Waals surface area contributed by atoms with Crippen LogP contribution in [0.3, 0.4) is 0 Å². The molecule has 0 radical (unpaired) electrons. The summed E-state index contributed by atoms with van der Waals surface area (Å²) in [7, 11) is 0. The van der Waals surface area contributed by atoms with Crippen molar-refractivity contribution in [2.24, 2.45) is 5.84 Å². The van der Waals surface area contributed by atoms with Crippen LogP contribution in [0.4, 0.5) is 14.6 Å². The predicted molar refractivity (Wildman–Crippen MR) is 58.1 cm³/mol. The van der Waals surface area contributed by atoms with Crippen LogP contribution in [-0.4, -0.2) is 23.0 Å². The van der Waals surface area contributed by atoms with E-state index in [1.54, 1.807) is 6.92 Å². The quantitative estimate of drug-likeness (QED) is 0.608. The largest absolute Gasteiger partial charge is 0.471 e. The van der Waals surface area contributed by atoms with Gasteiger partial charge in [-0.15, -0.1) is 0 Å². The molecule has 1 aromatic heterocycles. The van der Waals surface area contributed by atoms with Gasteiger partial charge in [-0.25, -0.2) is 19.6 Å². The van der Waals surface area contributed by atoms with Crippen LogP contribution in [0.5, 0.6) is 5.88 Å². The number of nitrogens with zero attached hydrogens (tertiary/aromatic N) is 2. The second kappa shape index (κ2) is 4.79. The molecule has 3 N–H and O–H groups in total. The van der Waals surface area contributed by atoms with Crippen LogP contribution in [0.25, 0.3) is 0 Å². The molecule has 1 aromatic rings. The van der Waals surface area contributed by atoms with Crippen LogP contribution < -0.4 is 16.0 Å². The van der Waals surface area contributed by atoms with E-state index in [2.05, 4.69) is 15.4 Å². The summed E-state index contributed by atoms with van der Waals surface area (Å²) in [5, 5.41) is 0. The summed E-state index contributed by atoms with van der Waals surface area (Å²) in [6.45, 7) is 0.999. The Balaban J connectivity index is 2.24. The minimum atomic E-state index is -2.52. The van der Waals surface area contributed by atoms with Crippen molar-refractivity contribution < 1.29 is 13.5 Å². The maximum absolute atomic E-state index is 12.1. The first-order chi connectivity index (χ1) is 8.11. The van der Waals surface area contributed by atoms with E-state index in [4.69, 9.17) is 10.6 Å². The highest BCUT2D eigenvalue weighted by molar-refractivity contribution is 5.48. The number of nitrogens with one attached hydrogen (secondary N) is 1. The zero-order chi connectivity index (χ0) is 12.4. The summed E-state index contributed by atoms with van der Waals surface area (Å²) >= 11 is 0. The van der Waals surface area contributed by atoms with E-state index >= 15 is 0 Å². The maximum Gasteiger partial charge on any atom is 0.272 e. The van der Waals surface area contributed by atoms with Gasteiger partial charge >= 0.3 is 0 Å². The number of hydrogen-bond acceptors (Lipinski definition) is 5. The highest BCUT2D eigenvalue weighted by Gasteiger charge is 2.28. The summed E-state index contributed by atoms with van der Waals surface area (Å²) in [4.78, 5) is 8.38. The molecule has 1 aliphatic rings. The molecule has 0 amide bonds. The third-order valence-corrected chi connectivity index (χ3v) is 2.54. The van der Waals surface area contributed by atoms with Gasteiger partial charge in [0.1, 0.15) is 11.6 Å². The van der Waals surface area contributed by atoms with Crippen LogP contribution in [0.1, 0.15) is 30.1 Å². The van der Waals surface area contributed by atoms with Crippen molar-refractivity contribution in [1.29, 1.82) is 0 Å². The number of rotatable bonds is 5. The van der Waals surface area contributed by atoms with Crippen LogP contribution in [0.2, 0.25) is 0 Å². The Morgan fingerprint density at radius 1 is 1.47 bits per heavy atom. The summed E-state index contributed by atoms with van der Waals surface area (Å²) in [5.41, 5.74) is 2.97. The first-order valence-corrected chi connectivity index (χ1v) is 5.38. The zero-order valence-corrected chi connectivity index (χ0v) is 9.41. The molecule has 0 aliphatic heterocycles. The highest BCUT2D eigenvalue weighted by Crippen LogP contribution is 2.39. The Morgan fingerprint density at radius 2 is 2.18 bits per heavy atom. The first kappa shape index (κ1) is 12.0. The lowest BCUT2D eigenvalue weighted by Crippen LogP contribution is -2.15. The molecule has 7 heteroatoms. The van der Waals surface area contributed by atoms with Crippen molar-refractivity contribution >= 4 is 5.82 Å². The van der Waals surface area contributed by atoms with Crippen molar-refractivity contribution in [3.05, 3.63) is 11.4 Å². The Kier molecular flexibility index (Phi) is 3.37. The van der Waals surface area contributed by atoms with E-state index in [9.17, 15) is 8.78 Å². The van der Waals surface area contributed by atoms with Crippen molar-refractivity contribution in [3.8, 4) is 5.88 Å². The summed E-state index contributed by atoms with van der Waals surface area (Å²) in [6, 6.07) is 0. The van der Waals surface area contributed by atoms with Crippen LogP contribution in [0.15, 0.2) is 0 Å². The Bertz CT molecular complexity index is 410. The van der Waals surface area contributed by atoms with E-state index in [1.807, 2.05) is 0 Å². The van der Waals surface area contributed by atoms with Crippen molar-refractivity contribution in [2.75, 3.05) is 12.0 Å². The van der Waals surface area contributed by atoms with E-state index in [1.165, 1.54) is 0 Å². The minimum Gasteiger partial charge on any atom is -0.471 e. The third-order valence-electron chi connectivity index (χ3n) is 2.54. The average molecular weight is 244 g/mol. The second-order valence-electron chi connectivity index (χ2n) is 3.98. The number of hydrazine groups is 1. The monoisotopic (exact) mass is 244 g/mol. The summed E-state index contributed by atoms with van der Waals surface area (Å²) in [5.74, 6) is 6.83. The molecule has 17 heavy (non-hydrogen) atoms. The molecule has 94 valence electrons. The molecule has 2 rings (SSSR count). The molecule has 0 spiro atoms. The van der Waals surface area contributed by atoms with Gasteiger partial charge in [-0.05, 0) is 19.8 Å². The van der Waals surface area contributed by atoms with Crippen LogP contribution in [-0.2, 0) is 0 Å². The van der Waals surface area contributed by atoms with E-state index < -0.39 is 13.0 Å². The third kappa shape index (κ3) is 2.79. The van der Waals surface area contributed by atoms with Crippen LogP contribution >= 0.6 is 0 Å². The Labute approximate surface area is 97.4 Å². The highest BCUT2D eigenvalue weighted by atomic mass is 19.3. The smallest absolute Gasteiger partial charge is 0.272 e. The topological polar surface area (TPSA) is 73.1 Å². The standard InChI is InChI=1S/C10H14F2N4O/c1-5-8(16-13)14-9(6-2-3-6)15-10(5)17-4-7(11)12/h6-7H,2-4,13H2,1H3,(H,14,15,16). The molecule has 1 heterocycles. The lowest BCUT2D eigenvalue weighted by molar-refractivity contribution is 0.0790. The summed E-state index contributed by atoms with van der Waals surface area (Å²) in [6.07, 6.45) is -0.495. The SMILES string of the molecule is Cc1c(NN)nc(C2CC2)nc1OCC(F)F. The van der Waals surface area contributed by atoms with Crippen molar-refractivity contribution in [2.45, 2.75) is 32.1 Å². The van der Waals surface area contributed by atoms with E-state index in [0.717, 1.165) is 12.8 Å². The van der Waals surface area contributed by atoms with Gasteiger partial charge in [0, 0.05) is 5.92 Å². The molecular weight excluding hydrogens is 230 g/mol. The van der Waals surface area contributed by atoms with Gasteiger partial charge in [0.25, 0.3) is 6.43 Å². The first-order valence-electron chi connectivity index (χ1n) is 5.38. The molecule has 0 aromatic carbocycles. The fraction of sp³-hybridized carbons (Fsp3) is 0.600. The van der Waals surface area contributed by atoms with Crippen molar-refractivity contribution in [1.82, 2.24) is 9.97 Å². The van der Waals surface area contributed by atoms with E-state index in [-0.39, 0.29) is 5.88 Å². The summed E-state index contributed by atoms with van der Waals surface area (Å²) < 4.78 is 29.2. The van der Waals surface area contributed by atoms with Gasteiger partial charge in [-0.3, -0.25) is 0 Å². The van der Waals surface area contributed by atoms with Gasteiger partial charge in [0.05, 0.1) is 5.56 Å². The molecule has 0 atom stereocenters. The molecular formula is C10H14F2N4O. The van der Waals surface area contributed by atoms with Crippen LogP contribution in [0, 0.1) is 6.92 Å². The second-order valence-corrected chi connectivity index (χ2v) is 3.98. The molecule has 0 bridgehead atoms. The van der Waals surface area contributed by atoms with Gasteiger partial charge in [-0.1, -0.05) is 0 Å². The average Bonchev–Trinajstić information content (AvgIpc) is 3.11. The molecule has 0 unspecified atom stereocenters. The maximum atomic E-state index is 12.1. The van der Waals surface area contributed by atoms with Gasteiger partial charge in [-0.2, -0.15) is 4.98 Å². The van der Waals surface area contributed by atoms with Gasteiger partial charge in [0.15, 0.2) is 6.61 Å². The number of ether oxygens (including phenoxy) is 1. The Morgan fingerprint density at radius 3 is 2.71 bits per heavy atom. The molecule has 1 fully saturated rings. The lowest BCUT2D eigenvalue weighted by atomic mass is 10.3. The number of halogens is 2. The lowest BCUT2D eigenvalue weighted by Gasteiger charge is -2.12. The zero-order valence-electron chi connectivity index (χ0n) is 9.41. The number of nitrogen functional groups attached to an aromatic ring is 1. The molecule has 1 saturated carbocycles. The minimum absolute atomic E-state index is 0.176. The van der Waals surface area contributed by atoms with Gasteiger partial charge in [0.2, 0.25) is 5.88 Å². The predicted octanol–water partition coefficient (Wildman–Crippen LogP) is 1.59. The molecule has 0 saturated heterocycles. The van der Waals surface area contributed by atoms with Crippen molar-refractivity contribution in [3.63, 3.8) is 0 Å². The number of hydrogen-bond donors (Lipinski definition) is 2.